The van der Waals surface area contributed by atoms with Crippen LogP contribution in [0, 0.1) is 0 Å². The number of esters is 1. The molecule has 0 spiro atoms. The number of fused-ring (bicyclic) bond motifs is 1. The first kappa shape index (κ1) is 9.58. The van der Waals surface area contributed by atoms with Gasteiger partial charge in [0.1, 0.15) is 5.75 Å². The predicted octanol–water partition coefficient (Wildman–Crippen LogP) is 1.59. The zero-order valence-corrected chi connectivity index (χ0v) is 8.28. The molecule has 0 unspecified atom stereocenters. The van der Waals surface area contributed by atoms with Gasteiger partial charge in [-0.05, 0) is 18.2 Å². The summed E-state index contributed by atoms with van der Waals surface area (Å²) < 4.78 is 4.56. The Morgan fingerprint density at radius 1 is 1.53 bits per heavy atom. The van der Waals surface area contributed by atoms with Crippen LogP contribution in [0.15, 0.2) is 24.3 Å². The van der Waals surface area contributed by atoms with Crippen molar-refractivity contribution >= 4 is 16.9 Å². The van der Waals surface area contributed by atoms with Gasteiger partial charge >= 0.3 is 5.97 Å². The molecule has 0 atom stereocenters. The van der Waals surface area contributed by atoms with Crippen molar-refractivity contribution in [2.75, 3.05) is 7.11 Å². The van der Waals surface area contributed by atoms with Crippen LogP contribution in [0.5, 0.6) is 5.75 Å². The fraction of sp³-hybridized carbons (Fsp3) is 0.182. The van der Waals surface area contributed by atoms with E-state index in [1.165, 1.54) is 7.11 Å². The third-order valence-corrected chi connectivity index (χ3v) is 2.26. The second kappa shape index (κ2) is 3.65. The quantitative estimate of drug-likeness (QED) is 0.732. The van der Waals surface area contributed by atoms with E-state index in [1.54, 1.807) is 18.2 Å². The Labute approximate surface area is 86.5 Å². The number of methoxy groups -OCH3 is 1. The Balaban J connectivity index is 2.39. The van der Waals surface area contributed by atoms with Crippen LogP contribution in [0.25, 0.3) is 10.9 Å². The van der Waals surface area contributed by atoms with E-state index < -0.39 is 0 Å². The first-order valence-corrected chi connectivity index (χ1v) is 4.57. The normalized spacial score (nSPS) is 10.5. The van der Waals surface area contributed by atoms with Crippen molar-refractivity contribution in [3.8, 4) is 5.75 Å². The number of nitrogens with one attached hydrogen (secondary N) is 1. The summed E-state index contributed by atoms with van der Waals surface area (Å²) in [6.07, 6.45) is 0.185. The van der Waals surface area contributed by atoms with E-state index in [2.05, 4.69) is 9.72 Å². The molecule has 1 heterocycles. The van der Waals surface area contributed by atoms with Crippen molar-refractivity contribution < 1.29 is 14.6 Å². The Morgan fingerprint density at radius 3 is 3.00 bits per heavy atom. The summed E-state index contributed by atoms with van der Waals surface area (Å²) in [6, 6.07) is 6.95. The molecule has 1 aromatic heterocycles. The molecule has 2 aromatic rings. The number of carbonyl (C=O) groups excluding carboxylic acids is 1. The van der Waals surface area contributed by atoms with Gasteiger partial charge in [-0.1, -0.05) is 6.07 Å². The van der Waals surface area contributed by atoms with Gasteiger partial charge in [-0.3, -0.25) is 4.79 Å². The minimum absolute atomic E-state index is 0.185. The summed E-state index contributed by atoms with van der Waals surface area (Å²) in [6.45, 7) is 0. The molecule has 0 saturated carbocycles. The first-order valence-electron chi connectivity index (χ1n) is 4.57. The first-order chi connectivity index (χ1) is 7.20. The molecule has 4 heteroatoms. The summed E-state index contributed by atoms with van der Waals surface area (Å²) in [5.41, 5.74) is 1.55. The number of rotatable bonds is 2. The van der Waals surface area contributed by atoms with Gasteiger partial charge in [-0.2, -0.15) is 0 Å². The second-order valence-corrected chi connectivity index (χ2v) is 3.29. The standard InChI is InChI=1S/C11H11NO3/c1-15-11(14)6-7-5-8-9(12-7)3-2-4-10(8)13/h2-5,12-13H,6H2,1H3. The Kier molecular flexibility index (Phi) is 2.33. The average molecular weight is 205 g/mol. The molecule has 0 aliphatic rings. The number of phenols is 1. The maximum atomic E-state index is 11.0. The maximum Gasteiger partial charge on any atom is 0.311 e. The minimum Gasteiger partial charge on any atom is -0.507 e. The van der Waals surface area contributed by atoms with E-state index in [9.17, 15) is 9.90 Å². The molecule has 0 aliphatic heterocycles. The summed E-state index contributed by atoms with van der Waals surface area (Å²) in [4.78, 5) is 14.1. The van der Waals surface area contributed by atoms with Crippen molar-refractivity contribution in [3.05, 3.63) is 30.0 Å². The van der Waals surface area contributed by atoms with E-state index in [-0.39, 0.29) is 18.1 Å². The number of phenolic OH excluding ortho intramolecular Hbond substituents is 1. The lowest BCUT2D eigenvalue weighted by Gasteiger charge is -1.94. The second-order valence-electron chi connectivity index (χ2n) is 3.29. The molecule has 15 heavy (non-hydrogen) atoms. The van der Waals surface area contributed by atoms with Gasteiger partial charge in [-0.25, -0.2) is 0 Å². The third-order valence-electron chi connectivity index (χ3n) is 2.26. The molecule has 2 rings (SSSR count). The van der Waals surface area contributed by atoms with Crippen molar-refractivity contribution in [2.24, 2.45) is 0 Å². The van der Waals surface area contributed by atoms with Crippen LogP contribution >= 0.6 is 0 Å². The Hall–Kier alpha value is -1.97. The van der Waals surface area contributed by atoms with Crippen LogP contribution in [0.2, 0.25) is 0 Å². The van der Waals surface area contributed by atoms with Gasteiger partial charge in [0.05, 0.1) is 13.5 Å². The lowest BCUT2D eigenvalue weighted by Crippen LogP contribution is -2.04. The number of H-pyrrole nitrogens is 1. The number of aromatic amines is 1. The van der Waals surface area contributed by atoms with Crippen molar-refractivity contribution in [3.63, 3.8) is 0 Å². The molecule has 0 saturated heterocycles. The van der Waals surface area contributed by atoms with Gasteiger partial charge in [0.15, 0.2) is 0 Å². The molecule has 1 aromatic carbocycles. The molecule has 0 radical (unpaired) electrons. The molecule has 78 valence electrons. The van der Waals surface area contributed by atoms with E-state index in [1.807, 2.05) is 6.07 Å². The van der Waals surface area contributed by atoms with Crippen molar-refractivity contribution in [2.45, 2.75) is 6.42 Å². The fourth-order valence-electron chi connectivity index (χ4n) is 1.52. The summed E-state index contributed by atoms with van der Waals surface area (Å²) in [5.74, 6) is -0.0964. The highest BCUT2D eigenvalue weighted by Crippen LogP contribution is 2.24. The van der Waals surface area contributed by atoms with Crippen molar-refractivity contribution in [1.29, 1.82) is 0 Å². The van der Waals surface area contributed by atoms with E-state index >= 15 is 0 Å². The van der Waals surface area contributed by atoms with Gasteiger partial charge in [-0.15, -0.1) is 0 Å². The van der Waals surface area contributed by atoms with Crippen LogP contribution in [-0.2, 0) is 16.0 Å². The van der Waals surface area contributed by atoms with Gasteiger partial charge < -0.3 is 14.8 Å². The minimum atomic E-state index is -0.305. The van der Waals surface area contributed by atoms with Gasteiger partial charge in [0.25, 0.3) is 0 Å². The lowest BCUT2D eigenvalue weighted by atomic mass is 10.2. The van der Waals surface area contributed by atoms with Crippen LogP contribution in [0.3, 0.4) is 0 Å². The highest BCUT2D eigenvalue weighted by atomic mass is 16.5. The predicted molar refractivity (Wildman–Crippen MR) is 55.7 cm³/mol. The summed E-state index contributed by atoms with van der Waals surface area (Å²) >= 11 is 0. The number of aromatic nitrogens is 1. The third kappa shape index (κ3) is 1.79. The molecule has 0 fully saturated rings. The molecule has 4 nitrogen and oxygen atoms in total. The SMILES string of the molecule is COC(=O)Cc1cc2c(O)cccc2[nH]1. The number of benzene rings is 1. The van der Waals surface area contributed by atoms with Crippen LogP contribution in [0.4, 0.5) is 0 Å². The molecular formula is C11H11NO3. The number of aromatic hydroxyl groups is 1. The van der Waals surface area contributed by atoms with Crippen molar-refractivity contribution in [1.82, 2.24) is 4.98 Å². The van der Waals surface area contributed by atoms with E-state index in [0.717, 1.165) is 16.6 Å². The number of carbonyl (C=O) groups is 1. The molecule has 0 bridgehead atoms. The van der Waals surface area contributed by atoms with Crippen LogP contribution in [-0.4, -0.2) is 23.2 Å². The maximum absolute atomic E-state index is 11.0. The summed E-state index contributed by atoms with van der Waals surface area (Å²) in [7, 11) is 1.35. The largest absolute Gasteiger partial charge is 0.507 e. The lowest BCUT2D eigenvalue weighted by molar-refractivity contribution is -0.139. The Morgan fingerprint density at radius 2 is 2.33 bits per heavy atom. The average Bonchev–Trinajstić information content (AvgIpc) is 2.62. The van der Waals surface area contributed by atoms with Gasteiger partial charge in [0.2, 0.25) is 0 Å². The molecule has 0 amide bonds. The van der Waals surface area contributed by atoms with Crippen LogP contribution < -0.4 is 0 Å². The summed E-state index contributed by atoms with van der Waals surface area (Å²) in [5, 5.41) is 10.3. The monoisotopic (exact) mass is 205 g/mol. The fourth-order valence-corrected chi connectivity index (χ4v) is 1.52. The number of hydrogen-bond donors (Lipinski definition) is 2. The van der Waals surface area contributed by atoms with E-state index in [4.69, 9.17) is 0 Å². The number of ether oxygens (including phenoxy) is 1. The molecule has 0 aliphatic carbocycles. The van der Waals surface area contributed by atoms with Crippen LogP contribution in [0.1, 0.15) is 5.69 Å². The molecular weight excluding hydrogens is 194 g/mol. The zero-order valence-electron chi connectivity index (χ0n) is 8.28. The highest BCUT2D eigenvalue weighted by molar-refractivity contribution is 5.87. The van der Waals surface area contributed by atoms with Gasteiger partial charge in [0, 0.05) is 16.6 Å². The zero-order chi connectivity index (χ0) is 10.8. The smallest absolute Gasteiger partial charge is 0.311 e. The Bertz CT molecular complexity index is 502. The van der Waals surface area contributed by atoms with E-state index in [0.29, 0.717) is 0 Å². The number of hydrogen-bond acceptors (Lipinski definition) is 3. The topological polar surface area (TPSA) is 62.3 Å². The highest BCUT2D eigenvalue weighted by Gasteiger charge is 2.08. The molecule has 2 N–H and O–H groups in total.